The molecule has 0 aromatic heterocycles. The molecule has 0 aromatic carbocycles. The van der Waals surface area contributed by atoms with Crippen molar-refractivity contribution in [3.05, 3.63) is 12.2 Å². The van der Waals surface area contributed by atoms with E-state index in [1.165, 1.54) is 5.57 Å². The molecule has 2 nitrogen and oxygen atoms in total. The fraction of sp³-hybridized carbons (Fsp3) is 0.818. The van der Waals surface area contributed by atoms with Crippen molar-refractivity contribution in [1.82, 2.24) is 4.90 Å². The van der Waals surface area contributed by atoms with E-state index in [1.54, 1.807) is 0 Å². The maximum Gasteiger partial charge on any atom is 0.0670 e. The van der Waals surface area contributed by atoms with Crippen molar-refractivity contribution in [1.29, 1.82) is 0 Å². The van der Waals surface area contributed by atoms with E-state index < -0.39 is 0 Å². The molecule has 0 saturated carbocycles. The number of likely N-dealkylation sites (tertiary alicyclic amines) is 1. The Labute approximate surface area is 81.2 Å². The summed E-state index contributed by atoms with van der Waals surface area (Å²) >= 11 is 0. The van der Waals surface area contributed by atoms with E-state index in [4.69, 9.17) is 0 Å². The number of nitrogens with zero attached hydrogens (tertiary/aromatic N) is 1. The highest BCUT2D eigenvalue weighted by Gasteiger charge is 2.22. The Morgan fingerprint density at radius 3 is 2.77 bits per heavy atom. The lowest BCUT2D eigenvalue weighted by Crippen LogP contribution is -2.42. The Morgan fingerprint density at radius 2 is 2.23 bits per heavy atom. The van der Waals surface area contributed by atoms with Gasteiger partial charge in [-0.15, -0.1) is 6.58 Å². The molecular weight excluding hydrogens is 162 g/mol. The van der Waals surface area contributed by atoms with E-state index in [1.807, 2.05) is 0 Å². The molecule has 0 aliphatic carbocycles. The van der Waals surface area contributed by atoms with Crippen molar-refractivity contribution < 1.29 is 5.11 Å². The van der Waals surface area contributed by atoms with Crippen LogP contribution in [0.3, 0.4) is 0 Å². The summed E-state index contributed by atoms with van der Waals surface area (Å²) in [6.45, 7) is 11.2. The van der Waals surface area contributed by atoms with Crippen LogP contribution in [0.4, 0.5) is 0 Å². The van der Waals surface area contributed by atoms with Gasteiger partial charge in [0.2, 0.25) is 0 Å². The van der Waals surface area contributed by atoms with Crippen LogP contribution in [0.2, 0.25) is 0 Å². The average Bonchev–Trinajstić information content (AvgIpc) is 1.99. The summed E-state index contributed by atoms with van der Waals surface area (Å²) in [5.74, 6) is 0.633. The first-order valence-electron chi connectivity index (χ1n) is 5.12. The molecule has 0 aromatic rings. The van der Waals surface area contributed by atoms with E-state index in [0.717, 1.165) is 32.5 Å². The van der Waals surface area contributed by atoms with Gasteiger partial charge in [-0.2, -0.15) is 0 Å². The van der Waals surface area contributed by atoms with Crippen LogP contribution in [0.1, 0.15) is 26.7 Å². The molecule has 0 bridgehead atoms. The van der Waals surface area contributed by atoms with E-state index in [9.17, 15) is 5.11 Å². The van der Waals surface area contributed by atoms with Gasteiger partial charge in [0.15, 0.2) is 0 Å². The number of aliphatic hydroxyl groups excluding tert-OH is 1. The zero-order valence-electron chi connectivity index (χ0n) is 8.79. The van der Waals surface area contributed by atoms with Crippen molar-refractivity contribution in [3.63, 3.8) is 0 Å². The summed E-state index contributed by atoms with van der Waals surface area (Å²) in [5, 5.41) is 9.55. The predicted molar refractivity (Wildman–Crippen MR) is 55.7 cm³/mol. The van der Waals surface area contributed by atoms with Gasteiger partial charge in [0.1, 0.15) is 0 Å². The highest BCUT2D eigenvalue weighted by atomic mass is 16.3. The molecule has 13 heavy (non-hydrogen) atoms. The Bertz CT molecular complexity index is 169. The van der Waals surface area contributed by atoms with Crippen LogP contribution in [-0.4, -0.2) is 35.7 Å². The van der Waals surface area contributed by atoms with Gasteiger partial charge in [0.25, 0.3) is 0 Å². The fourth-order valence-corrected chi connectivity index (χ4v) is 1.96. The Hall–Kier alpha value is -0.340. The average molecular weight is 183 g/mol. The van der Waals surface area contributed by atoms with Crippen molar-refractivity contribution in [2.24, 2.45) is 5.92 Å². The molecule has 1 aliphatic heterocycles. The van der Waals surface area contributed by atoms with Gasteiger partial charge in [0, 0.05) is 19.6 Å². The molecular formula is C11H21NO. The largest absolute Gasteiger partial charge is 0.392 e. The molecule has 2 heteroatoms. The molecule has 1 aliphatic rings. The lowest BCUT2D eigenvalue weighted by atomic mass is 9.98. The Morgan fingerprint density at radius 1 is 1.54 bits per heavy atom. The molecule has 0 spiro atoms. The smallest absolute Gasteiger partial charge is 0.0670 e. The van der Waals surface area contributed by atoms with Crippen LogP contribution in [0.25, 0.3) is 0 Å². The minimum atomic E-state index is -0.117. The van der Waals surface area contributed by atoms with Gasteiger partial charge in [-0.1, -0.05) is 12.5 Å². The molecule has 0 unspecified atom stereocenters. The maximum absolute atomic E-state index is 9.55. The fourth-order valence-electron chi connectivity index (χ4n) is 1.96. The second-order valence-electron chi connectivity index (χ2n) is 4.46. The molecule has 76 valence electrons. The van der Waals surface area contributed by atoms with Crippen LogP contribution in [-0.2, 0) is 0 Å². The summed E-state index contributed by atoms with van der Waals surface area (Å²) in [6, 6.07) is 0. The van der Waals surface area contributed by atoms with Gasteiger partial charge in [0.05, 0.1) is 6.10 Å². The molecule has 2 atom stereocenters. The van der Waals surface area contributed by atoms with Gasteiger partial charge in [-0.25, -0.2) is 0 Å². The van der Waals surface area contributed by atoms with E-state index in [-0.39, 0.29) is 6.10 Å². The van der Waals surface area contributed by atoms with Crippen LogP contribution < -0.4 is 0 Å². The van der Waals surface area contributed by atoms with Gasteiger partial charge in [-0.05, 0) is 25.7 Å². The third-order valence-corrected chi connectivity index (χ3v) is 2.57. The Kier molecular flexibility index (Phi) is 3.94. The third kappa shape index (κ3) is 3.92. The van der Waals surface area contributed by atoms with Crippen molar-refractivity contribution >= 4 is 0 Å². The van der Waals surface area contributed by atoms with Crippen LogP contribution in [0.5, 0.6) is 0 Å². The number of aliphatic hydroxyl groups is 1. The highest BCUT2D eigenvalue weighted by molar-refractivity contribution is 4.89. The molecule has 1 fully saturated rings. The number of piperidine rings is 1. The summed E-state index contributed by atoms with van der Waals surface area (Å²) in [4.78, 5) is 2.34. The van der Waals surface area contributed by atoms with E-state index in [2.05, 4.69) is 25.3 Å². The number of rotatable bonds is 3. The zero-order valence-corrected chi connectivity index (χ0v) is 8.79. The van der Waals surface area contributed by atoms with Crippen LogP contribution in [0.15, 0.2) is 12.2 Å². The normalized spacial score (nSPS) is 30.4. The summed E-state index contributed by atoms with van der Waals surface area (Å²) < 4.78 is 0. The quantitative estimate of drug-likeness (QED) is 0.673. The lowest BCUT2D eigenvalue weighted by Gasteiger charge is -2.34. The first-order valence-corrected chi connectivity index (χ1v) is 5.12. The first kappa shape index (κ1) is 10.7. The second-order valence-corrected chi connectivity index (χ2v) is 4.46. The summed E-state index contributed by atoms with van der Waals surface area (Å²) in [6.07, 6.45) is 1.90. The molecule has 1 heterocycles. The molecule has 0 radical (unpaired) electrons. The topological polar surface area (TPSA) is 23.5 Å². The monoisotopic (exact) mass is 183 g/mol. The van der Waals surface area contributed by atoms with Gasteiger partial charge in [-0.3, -0.25) is 0 Å². The first-order chi connectivity index (χ1) is 6.08. The molecule has 1 saturated heterocycles. The van der Waals surface area contributed by atoms with Crippen molar-refractivity contribution in [2.45, 2.75) is 32.8 Å². The SMILES string of the molecule is C=C(C)CCN1C[C@H](C)C[C@H](O)C1. The molecule has 1 rings (SSSR count). The lowest BCUT2D eigenvalue weighted by molar-refractivity contribution is 0.0454. The number of hydrogen-bond acceptors (Lipinski definition) is 2. The third-order valence-electron chi connectivity index (χ3n) is 2.57. The standard InChI is InChI=1S/C11H21NO/c1-9(2)4-5-12-7-10(3)6-11(13)8-12/h10-11,13H,1,4-8H2,2-3H3/t10-,11+/m1/s1. The van der Waals surface area contributed by atoms with Crippen LogP contribution >= 0.6 is 0 Å². The second kappa shape index (κ2) is 4.77. The Balaban J connectivity index is 2.28. The molecule has 1 N–H and O–H groups in total. The number of hydrogen-bond donors (Lipinski definition) is 1. The minimum absolute atomic E-state index is 0.117. The molecule has 0 amide bonds. The van der Waals surface area contributed by atoms with Crippen LogP contribution in [0, 0.1) is 5.92 Å². The highest BCUT2D eigenvalue weighted by Crippen LogP contribution is 2.16. The van der Waals surface area contributed by atoms with Gasteiger partial charge >= 0.3 is 0 Å². The van der Waals surface area contributed by atoms with Gasteiger partial charge < -0.3 is 10.0 Å². The van der Waals surface area contributed by atoms with Crippen molar-refractivity contribution in [2.75, 3.05) is 19.6 Å². The maximum atomic E-state index is 9.55. The minimum Gasteiger partial charge on any atom is -0.392 e. The number of β-amino-alcohol motifs (C(OH)–C–C–N with tert-alkyl or cyclic N) is 1. The summed E-state index contributed by atoms with van der Waals surface area (Å²) in [5.41, 5.74) is 1.23. The van der Waals surface area contributed by atoms with Crippen molar-refractivity contribution in [3.8, 4) is 0 Å². The summed E-state index contributed by atoms with van der Waals surface area (Å²) in [7, 11) is 0. The zero-order chi connectivity index (χ0) is 9.84. The van der Waals surface area contributed by atoms with E-state index >= 15 is 0 Å². The predicted octanol–water partition coefficient (Wildman–Crippen LogP) is 1.66. The van der Waals surface area contributed by atoms with E-state index in [0.29, 0.717) is 5.92 Å².